The molecule has 0 radical (unpaired) electrons. The molecule has 0 aliphatic heterocycles. The third-order valence-corrected chi connectivity index (χ3v) is 12.0. The Balaban J connectivity index is 0.000000282. The van der Waals surface area contributed by atoms with Gasteiger partial charge in [-0.25, -0.2) is 28.3 Å². The topological polar surface area (TPSA) is 145 Å². The predicted octanol–water partition coefficient (Wildman–Crippen LogP) is 12.8. The van der Waals surface area contributed by atoms with Crippen LogP contribution >= 0.6 is 11.6 Å². The molecule has 0 bridgehead atoms. The second-order valence-corrected chi connectivity index (χ2v) is 23.3. The Morgan fingerprint density at radius 3 is 1.36 bits per heavy atom. The van der Waals surface area contributed by atoms with Gasteiger partial charge in [0.05, 0.1) is 43.1 Å². The highest BCUT2D eigenvalue weighted by Gasteiger charge is 2.39. The molecule has 2 aromatic heterocycles. The van der Waals surface area contributed by atoms with Gasteiger partial charge in [0.25, 0.3) is 0 Å². The highest BCUT2D eigenvalue weighted by Crippen LogP contribution is 2.40. The second-order valence-electron chi connectivity index (χ2n) is 23.0. The first-order chi connectivity index (χ1) is 35.7. The van der Waals surface area contributed by atoms with Crippen molar-refractivity contribution in [1.29, 1.82) is 0 Å². The fraction of sp³-hybridized carbons (Fsp3) is 0.450. The largest absolute Gasteiger partial charge is 0.444 e. The van der Waals surface area contributed by atoms with Crippen molar-refractivity contribution in [1.82, 2.24) is 40.0 Å². The van der Waals surface area contributed by atoms with Crippen LogP contribution in [0, 0.1) is 10.8 Å². The van der Waals surface area contributed by atoms with Crippen molar-refractivity contribution in [2.75, 3.05) is 32.1 Å². The first kappa shape index (κ1) is 60.3. The summed E-state index contributed by atoms with van der Waals surface area (Å²) in [5.41, 5.74) is 3.70. The molecule has 13 nitrogen and oxygen atoms in total. The minimum absolute atomic E-state index is 0.0661. The van der Waals surface area contributed by atoms with Gasteiger partial charge >= 0.3 is 12.2 Å². The van der Waals surface area contributed by atoms with Crippen LogP contribution in [0.2, 0.25) is 0 Å². The average Bonchev–Trinajstić information content (AvgIpc) is 3.95. The maximum Gasteiger partial charge on any atom is 0.407 e. The molecule has 4 atom stereocenters. The lowest BCUT2D eigenvalue weighted by molar-refractivity contribution is -0.135. The summed E-state index contributed by atoms with van der Waals surface area (Å²) in [6.45, 7) is 23.3. The molecule has 6 aromatic rings. The summed E-state index contributed by atoms with van der Waals surface area (Å²) in [7, 11) is 0. The van der Waals surface area contributed by atoms with Crippen LogP contribution < -0.4 is 16.0 Å². The number of halogens is 3. The highest BCUT2D eigenvalue weighted by molar-refractivity contribution is 6.27. The van der Waals surface area contributed by atoms with Gasteiger partial charge in [-0.2, -0.15) is 0 Å². The zero-order chi connectivity index (χ0) is 55.8. The van der Waals surface area contributed by atoms with E-state index in [-0.39, 0.29) is 43.5 Å². The number of alkyl carbamates (subject to hydrolysis) is 2. The number of hydrogen-bond acceptors (Lipinski definition) is 8. The molecule has 0 saturated heterocycles. The number of rotatable bonds is 19. The van der Waals surface area contributed by atoms with Gasteiger partial charge in [0.1, 0.15) is 41.1 Å². The quantitative estimate of drug-likeness (QED) is 0.0680. The van der Waals surface area contributed by atoms with E-state index in [1.54, 1.807) is 41.5 Å². The molecule has 410 valence electrons. The number of carbonyl (C=O) groups excluding carboxylic acids is 3. The van der Waals surface area contributed by atoms with Crippen molar-refractivity contribution >= 4 is 29.7 Å². The normalized spacial score (nSPS) is 13.6. The van der Waals surface area contributed by atoms with Crippen LogP contribution in [-0.2, 0) is 27.4 Å². The Labute approximate surface area is 454 Å². The number of amides is 3. The molecule has 1 unspecified atom stereocenters. The number of nitrogens with zero attached hydrogens (tertiary/aromatic N) is 5. The molecule has 0 spiro atoms. The van der Waals surface area contributed by atoms with E-state index in [0.717, 1.165) is 39.5 Å². The Kier molecular flexibility index (Phi) is 21.4. The summed E-state index contributed by atoms with van der Waals surface area (Å²) >= 11 is 6.05. The molecule has 6 rings (SSSR count). The monoisotopic (exact) mass is 1060 g/mol. The number of nitrogens with one attached hydrogen (secondary N) is 3. The number of ether oxygens (including phenoxy) is 2. The van der Waals surface area contributed by atoms with Crippen molar-refractivity contribution in [3.05, 3.63) is 156 Å². The van der Waals surface area contributed by atoms with Gasteiger partial charge in [0.2, 0.25) is 5.91 Å². The number of aromatic nitrogens is 4. The number of benzene rings is 4. The number of imidazole rings is 2. The van der Waals surface area contributed by atoms with Gasteiger partial charge in [-0.05, 0) is 63.5 Å². The molecular weight excluding hydrogens is 986 g/mol. The molecular formula is C60H79ClF2N8O5. The van der Waals surface area contributed by atoms with E-state index in [2.05, 4.69) is 59.6 Å². The van der Waals surface area contributed by atoms with E-state index in [0.29, 0.717) is 18.9 Å². The minimum Gasteiger partial charge on any atom is -0.444 e. The van der Waals surface area contributed by atoms with E-state index in [1.165, 1.54) is 4.90 Å². The Morgan fingerprint density at radius 1 is 0.566 bits per heavy atom. The van der Waals surface area contributed by atoms with Crippen LogP contribution in [0.15, 0.2) is 134 Å². The summed E-state index contributed by atoms with van der Waals surface area (Å²) in [5.74, 6) is 0.736. The Bertz CT molecular complexity index is 2730. The molecule has 0 fully saturated rings. The van der Waals surface area contributed by atoms with Crippen molar-refractivity contribution in [3.8, 4) is 22.5 Å². The average molecular weight is 1070 g/mol. The Morgan fingerprint density at radius 2 is 0.961 bits per heavy atom. The van der Waals surface area contributed by atoms with Gasteiger partial charge in [0.15, 0.2) is 0 Å². The van der Waals surface area contributed by atoms with Crippen LogP contribution in [0.1, 0.15) is 118 Å². The molecule has 16 heteroatoms. The molecule has 2 heterocycles. The molecule has 4 aromatic carbocycles. The fourth-order valence-electron chi connectivity index (χ4n) is 8.44. The first-order valence-corrected chi connectivity index (χ1v) is 26.4. The SMILES string of the molecule is CC(C)(C)OC(=O)NCC(F)CN(C(=O)CCl)[C@@H](c1nc(-c2ccccc2)cn1Cc1ccccc1)C(C)(C)C.CC(C)(C)OC(=O)NC[C@@H](F)CN[C@@H](c1nc(-c2ccccc2)cn1Cc1ccccc1)C(C)(C)C. The summed E-state index contributed by atoms with van der Waals surface area (Å²) in [6, 6.07) is 39.2. The van der Waals surface area contributed by atoms with E-state index in [9.17, 15) is 18.8 Å². The Hall–Kier alpha value is -6.58. The first-order valence-electron chi connectivity index (χ1n) is 25.8. The number of hydrogen-bond donors (Lipinski definition) is 3. The third kappa shape index (κ3) is 19.2. The zero-order valence-electron chi connectivity index (χ0n) is 46.4. The molecule has 0 aliphatic carbocycles. The van der Waals surface area contributed by atoms with Crippen molar-refractivity contribution in [3.63, 3.8) is 0 Å². The number of carbonyl (C=O) groups is 3. The maximum atomic E-state index is 15.4. The lowest BCUT2D eigenvalue weighted by Gasteiger charge is -2.40. The third-order valence-electron chi connectivity index (χ3n) is 11.8. The van der Waals surface area contributed by atoms with Crippen molar-refractivity contribution in [2.24, 2.45) is 10.8 Å². The van der Waals surface area contributed by atoms with Crippen LogP contribution in [-0.4, -0.2) is 97.7 Å². The predicted molar refractivity (Wildman–Crippen MR) is 300 cm³/mol. The smallest absolute Gasteiger partial charge is 0.407 e. The van der Waals surface area contributed by atoms with E-state index in [4.69, 9.17) is 31.0 Å². The van der Waals surface area contributed by atoms with Gasteiger partial charge in [0, 0.05) is 43.2 Å². The summed E-state index contributed by atoms with van der Waals surface area (Å²) in [6.07, 6.45) is -0.150. The lowest BCUT2D eigenvalue weighted by atomic mass is 9.84. The van der Waals surface area contributed by atoms with Crippen LogP contribution in [0.4, 0.5) is 18.4 Å². The van der Waals surface area contributed by atoms with Gasteiger partial charge < -0.3 is 39.5 Å². The molecule has 0 aliphatic rings. The van der Waals surface area contributed by atoms with E-state index in [1.807, 2.05) is 141 Å². The van der Waals surface area contributed by atoms with E-state index < -0.39 is 53.1 Å². The highest BCUT2D eigenvalue weighted by atomic mass is 35.5. The standard InChI is InChI=1S/C31H40ClFN4O3.C29H39FN4O2/c1-30(2,3)27(37(26(38)17-32)20-24(33)18-34-29(39)40-31(4,5)6)28-35-25(23-15-11-8-12-16-23)21-36(28)19-22-13-9-7-10-14-22;1-28(2,3)25(31-17-23(30)18-32-27(35)36-29(4,5)6)26-33-24(22-15-11-8-12-16-22)20-34(26)19-21-13-9-7-10-14-21/h7-16,21,24,27H,17-20H2,1-6H3,(H,34,39);7-16,20,23,25,31H,17-19H2,1-6H3,(H,32,35)/t24?,27-;23-,25-/m00/s1. The van der Waals surface area contributed by atoms with Gasteiger partial charge in [-0.1, -0.05) is 163 Å². The maximum absolute atomic E-state index is 15.4. The van der Waals surface area contributed by atoms with Crippen LogP contribution in [0.25, 0.3) is 22.5 Å². The zero-order valence-corrected chi connectivity index (χ0v) is 47.1. The lowest BCUT2D eigenvalue weighted by Crippen LogP contribution is -2.48. The van der Waals surface area contributed by atoms with Crippen LogP contribution in [0.5, 0.6) is 0 Å². The minimum atomic E-state index is -1.56. The summed E-state index contributed by atoms with van der Waals surface area (Å²) in [4.78, 5) is 48.7. The molecule has 3 N–H and O–H groups in total. The van der Waals surface area contributed by atoms with Crippen LogP contribution in [0.3, 0.4) is 0 Å². The van der Waals surface area contributed by atoms with Crippen molar-refractivity contribution in [2.45, 2.75) is 132 Å². The molecule has 0 saturated carbocycles. The van der Waals surface area contributed by atoms with Crippen molar-refractivity contribution < 1.29 is 32.6 Å². The summed E-state index contributed by atoms with van der Waals surface area (Å²) < 4.78 is 44.8. The fourth-order valence-corrected chi connectivity index (χ4v) is 8.59. The molecule has 3 amide bonds. The van der Waals surface area contributed by atoms with Gasteiger partial charge in [-0.15, -0.1) is 11.6 Å². The van der Waals surface area contributed by atoms with Gasteiger partial charge in [-0.3, -0.25) is 4.79 Å². The molecule has 76 heavy (non-hydrogen) atoms. The second kappa shape index (κ2) is 27.0. The number of alkyl halides is 3. The van der Waals surface area contributed by atoms with E-state index >= 15 is 4.39 Å². The summed E-state index contributed by atoms with van der Waals surface area (Å²) in [5, 5.41) is 8.36.